The Hall–Kier alpha value is -1.85. The summed E-state index contributed by atoms with van der Waals surface area (Å²) in [5, 5.41) is 7.85. The molecule has 0 bridgehead atoms. The lowest BCUT2D eigenvalue weighted by Gasteiger charge is -2.04. The van der Waals surface area contributed by atoms with Crippen molar-refractivity contribution in [2.75, 3.05) is 14.2 Å². The zero-order valence-corrected chi connectivity index (χ0v) is 8.18. The Bertz CT molecular complexity index is 466. The van der Waals surface area contributed by atoms with E-state index in [1.54, 1.807) is 17.7 Å². The van der Waals surface area contributed by atoms with Gasteiger partial charge in [0, 0.05) is 0 Å². The second kappa shape index (κ2) is 3.13. The molecule has 2 heterocycles. The largest absolute Gasteiger partial charge is 0.480 e. The monoisotopic (exact) mass is 194 g/mol. The first-order valence-corrected chi connectivity index (χ1v) is 4.06. The Morgan fingerprint density at radius 1 is 1.21 bits per heavy atom. The lowest BCUT2D eigenvalue weighted by Crippen LogP contribution is -1.98. The number of aromatic nitrogens is 4. The standard InChI is InChI=1S/C8H10N4O2/c1-5-10-11-7-8(14-3)9-6(13-2)4-12(5)7/h4H,1-3H3. The molecule has 0 aliphatic heterocycles. The summed E-state index contributed by atoms with van der Waals surface area (Å²) >= 11 is 0. The van der Waals surface area contributed by atoms with Crippen molar-refractivity contribution in [3.8, 4) is 11.8 Å². The van der Waals surface area contributed by atoms with Gasteiger partial charge in [-0.1, -0.05) is 0 Å². The number of methoxy groups -OCH3 is 2. The van der Waals surface area contributed by atoms with E-state index in [0.29, 0.717) is 17.4 Å². The summed E-state index contributed by atoms with van der Waals surface area (Å²) < 4.78 is 11.9. The second-order valence-corrected chi connectivity index (χ2v) is 2.73. The van der Waals surface area contributed by atoms with Gasteiger partial charge >= 0.3 is 0 Å². The van der Waals surface area contributed by atoms with Gasteiger partial charge in [0.25, 0.3) is 5.88 Å². The van der Waals surface area contributed by atoms with Gasteiger partial charge < -0.3 is 9.47 Å². The summed E-state index contributed by atoms with van der Waals surface area (Å²) in [5.41, 5.74) is 0.589. The molecule has 0 radical (unpaired) electrons. The van der Waals surface area contributed by atoms with E-state index < -0.39 is 0 Å². The van der Waals surface area contributed by atoms with E-state index in [2.05, 4.69) is 15.2 Å². The molecule has 0 unspecified atom stereocenters. The molecule has 0 N–H and O–H groups in total. The first kappa shape index (κ1) is 8.74. The Kier molecular flexibility index (Phi) is 1.95. The van der Waals surface area contributed by atoms with E-state index in [0.717, 1.165) is 5.82 Å². The lowest BCUT2D eigenvalue weighted by molar-refractivity contribution is 0.363. The molecule has 2 aromatic rings. The molecule has 14 heavy (non-hydrogen) atoms. The molecule has 2 aromatic heterocycles. The van der Waals surface area contributed by atoms with Crippen molar-refractivity contribution in [2.45, 2.75) is 6.92 Å². The molecule has 6 heteroatoms. The van der Waals surface area contributed by atoms with Crippen molar-refractivity contribution in [3.63, 3.8) is 0 Å². The van der Waals surface area contributed by atoms with Crippen LogP contribution in [0.5, 0.6) is 11.8 Å². The summed E-state index contributed by atoms with van der Waals surface area (Å²) in [6.07, 6.45) is 1.72. The molecule has 0 fully saturated rings. The SMILES string of the molecule is COc1cn2c(C)nnc2c(OC)n1. The van der Waals surface area contributed by atoms with E-state index in [9.17, 15) is 0 Å². The normalized spacial score (nSPS) is 10.5. The van der Waals surface area contributed by atoms with E-state index in [1.807, 2.05) is 6.92 Å². The van der Waals surface area contributed by atoms with Crippen molar-refractivity contribution in [1.82, 2.24) is 19.6 Å². The summed E-state index contributed by atoms with van der Waals surface area (Å²) in [7, 11) is 3.08. The molecule has 0 saturated carbocycles. The average Bonchev–Trinajstić information content (AvgIpc) is 2.59. The molecular formula is C8H10N4O2. The molecule has 0 amide bonds. The number of ether oxygens (including phenoxy) is 2. The summed E-state index contributed by atoms with van der Waals surface area (Å²) in [6.45, 7) is 1.85. The van der Waals surface area contributed by atoms with Gasteiger partial charge in [0.05, 0.1) is 20.4 Å². The number of rotatable bonds is 2. The van der Waals surface area contributed by atoms with Crippen LogP contribution in [0.1, 0.15) is 5.82 Å². The first-order chi connectivity index (χ1) is 6.76. The highest BCUT2D eigenvalue weighted by molar-refractivity contribution is 5.49. The maximum atomic E-state index is 5.07. The van der Waals surface area contributed by atoms with Gasteiger partial charge in [-0.15, -0.1) is 10.2 Å². The average molecular weight is 194 g/mol. The van der Waals surface area contributed by atoms with Crippen molar-refractivity contribution in [3.05, 3.63) is 12.0 Å². The summed E-state index contributed by atoms with van der Waals surface area (Å²) in [4.78, 5) is 4.08. The minimum atomic E-state index is 0.407. The molecule has 0 saturated heterocycles. The zero-order valence-electron chi connectivity index (χ0n) is 8.18. The van der Waals surface area contributed by atoms with Crippen molar-refractivity contribution < 1.29 is 9.47 Å². The molecule has 0 aromatic carbocycles. The predicted octanol–water partition coefficient (Wildman–Crippen LogP) is 0.450. The first-order valence-electron chi connectivity index (χ1n) is 4.06. The Labute approximate surface area is 80.5 Å². The summed E-state index contributed by atoms with van der Waals surface area (Å²) in [6, 6.07) is 0. The fourth-order valence-electron chi connectivity index (χ4n) is 1.19. The highest BCUT2D eigenvalue weighted by atomic mass is 16.5. The van der Waals surface area contributed by atoms with Gasteiger partial charge in [0.15, 0.2) is 0 Å². The zero-order chi connectivity index (χ0) is 10.1. The maximum absolute atomic E-state index is 5.07. The molecule has 0 atom stereocenters. The van der Waals surface area contributed by atoms with Gasteiger partial charge in [-0.25, -0.2) is 0 Å². The van der Waals surface area contributed by atoms with Crippen LogP contribution in [-0.4, -0.2) is 33.8 Å². The predicted molar refractivity (Wildman–Crippen MR) is 48.6 cm³/mol. The minimum Gasteiger partial charge on any atom is -0.480 e. The Balaban J connectivity index is 2.76. The molecule has 2 rings (SSSR count). The minimum absolute atomic E-state index is 0.407. The van der Waals surface area contributed by atoms with Gasteiger partial charge in [-0.3, -0.25) is 4.40 Å². The van der Waals surface area contributed by atoms with Gasteiger partial charge in [-0.2, -0.15) is 4.98 Å². The maximum Gasteiger partial charge on any atom is 0.263 e. The molecule has 0 spiro atoms. The number of nitrogens with zero attached hydrogens (tertiary/aromatic N) is 4. The van der Waals surface area contributed by atoms with Crippen LogP contribution in [0, 0.1) is 6.92 Å². The molecule has 6 nitrogen and oxygen atoms in total. The van der Waals surface area contributed by atoms with Crippen LogP contribution in [-0.2, 0) is 0 Å². The van der Waals surface area contributed by atoms with Crippen LogP contribution >= 0.6 is 0 Å². The number of hydrogen-bond donors (Lipinski definition) is 0. The van der Waals surface area contributed by atoms with Crippen LogP contribution in [0.2, 0.25) is 0 Å². The van der Waals surface area contributed by atoms with Gasteiger partial charge in [0.1, 0.15) is 5.82 Å². The van der Waals surface area contributed by atoms with Crippen molar-refractivity contribution >= 4 is 5.65 Å². The van der Waals surface area contributed by atoms with E-state index in [4.69, 9.17) is 9.47 Å². The smallest absolute Gasteiger partial charge is 0.263 e. The third kappa shape index (κ3) is 1.15. The summed E-state index contributed by atoms with van der Waals surface area (Å²) in [5.74, 6) is 1.64. The van der Waals surface area contributed by atoms with Crippen molar-refractivity contribution in [2.24, 2.45) is 0 Å². The van der Waals surface area contributed by atoms with Crippen molar-refractivity contribution in [1.29, 1.82) is 0 Å². The van der Waals surface area contributed by atoms with Gasteiger partial charge in [0.2, 0.25) is 11.5 Å². The molecule has 0 aliphatic carbocycles. The fourth-order valence-corrected chi connectivity index (χ4v) is 1.19. The highest BCUT2D eigenvalue weighted by Gasteiger charge is 2.10. The van der Waals surface area contributed by atoms with E-state index in [-0.39, 0.29) is 0 Å². The lowest BCUT2D eigenvalue weighted by atomic mass is 10.6. The highest BCUT2D eigenvalue weighted by Crippen LogP contribution is 2.19. The Morgan fingerprint density at radius 3 is 2.64 bits per heavy atom. The second-order valence-electron chi connectivity index (χ2n) is 2.73. The van der Waals surface area contributed by atoms with E-state index in [1.165, 1.54) is 7.11 Å². The number of aryl methyl sites for hydroxylation is 1. The third-order valence-electron chi connectivity index (χ3n) is 1.91. The quantitative estimate of drug-likeness (QED) is 0.694. The Morgan fingerprint density at radius 2 is 2.00 bits per heavy atom. The van der Waals surface area contributed by atoms with Crippen LogP contribution in [0.15, 0.2) is 6.20 Å². The molecule has 74 valence electrons. The molecule has 0 aliphatic rings. The van der Waals surface area contributed by atoms with Crippen LogP contribution in [0.25, 0.3) is 5.65 Å². The third-order valence-corrected chi connectivity index (χ3v) is 1.91. The molecular weight excluding hydrogens is 184 g/mol. The fraction of sp³-hybridized carbons (Fsp3) is 0.375. The van der Waals surface area contributed by atoms with Gasteiger partial charge in [-0.05, 0) is 6.92 Å². The number of fused-ring (bicyclic) bond motifs is 1. The topological polar surface area (TPSA) is 61.5 Å². The van der Waals surface area contributed by atoms with Crippen LogP contribution in [0.4, 0.5) is 0 Å². The number of hydrogen-bond acceptors (Lipinski definition) is 5. The van der Waals surface area contributed by atoms with E-state index >= 15 is 0 Å². The van der Waals surface area contributed by atoms with Crippen LogP contribution in [0.3, 0.4) is 0 Å². The van der Waals surface area contributed by atoms with Crippen LogP contribution < -0.4 is 9.47 Å².